The Balaban J connectivity index is 1.25. The summed E-state index contributed by atoms with van der Waals surface area (Å²) in [6.45, 7) is 7.05. The van der Waals surface area contributed by atoms with Gasteiger partial charge in [-0.1, -0.05) is 23.7 Å². The molecule has 2 aliphatic rings. The highest BCUT2D eigenvalue weighted by atomic mass is 35.5. The topological polar surface area (TPSA) is 79.4 Å². The number of carbonyl (C=O) groups excluding carboxylic acids is 1. The Morgan fingerprint density at radius 3 is 2.49 bits per heavy atom. The van der Waals surface area contributed by atoms with Crippen molar-refractivity contribution in [3.8, 4) is 5.75 Å². The molecular weight excluding hydrogens is 521 g/mol. The van der Waals surface area contributed by atoms with Crippen molar-refractivity contribution < 1.29 is 27.1 Å². The predicted octanol–water partition coefficient (Wildman–Crippen LogP) is 4.23. The van der Waals surface area contributed by atoms with Gasteiger partial charge in [-0.2, -0.15) is 4.31 Å². The van der Waals surface area contributed by atoms with Crippen LogP contribution in [-0.2, 0) is 21.3 Å². The summed E-state index contributed by atoms with van der Waals surface area (Å²) >= 11 is 5.80. The quantitative estimate of drug-likeness (QED) is 0.487. The summed E-state index contributed by atoms with van der Waals surface area (Å²) < 4.78 is 52.0. The first-order chi connectivity index (χ1) is 17.8. The lowest BCUT2D eigenvalue weighted by atomic mass is 10.0. The van der Waals surface area contributed by atoms with Crippen LogP contribution in [0.4, 0.5) is 9.18 Å². The van der Waals surface area contributed by atoms with E-state index in [1.807, 2.05) is 31.2 Å². The number of piperazine rings is 1. The molecule has 2 aromatic rings. The molecular formula is C26H33ClFN3O5S. The van der Waals surface area contributed by atoms with Gasteiger partial charge in [0.25, 0.3) is 0 Å². The molecule has 1 atom stereocenters. The first kappa shape index (κ1) is 27.6. The summed E-state index contributed by atoms with van der Waals surface area (Å²) in [5, 5.41) is -0.208. The van der Waals surface area contributed by atoms with Gasteiger partial charge >= 0.3 is 6.09 Å². The van der Waals surface area contributed by atoms with Crippen molar-refractivity contribution in [1.82, 2.24) is 14.1 Å². The molecule has 0 radical (unpaired) electrons. The second-order valence-electron chi connectivity index (χ2n) is 9.36. The molecule has 0 aliphatic carbocycles. The monoisotopic (exact) mass is 553 g/mol. The van der Waals surface area contributed by atoms with Crippen LogP contribution in [0.2, 0.25) is 5.02 Å². The minimum Gasteiger partial charge on any atom is -0.493 e. The van der Waals surface area contributed by atoms with E-state index in [1.54, 1.807) is 4.90 Å². The number of piperidine rings is 1. The van der Waals surface area contributed by atoms with Crippen molar-refractivity contribution in [2.75, 3.05) is 52.5 Å². The van der Waals surface area contributed by atoms with Gasteiger partial charge in [-0.25, -0.2) is 17.6 Å². The van der Waals surface area contributed by atoms with Crippen LogP contribution in [0.15, 0.2) is 47.4 Å². The Hall–Kier alpha value is -2.40. The fourth-order valence-corrected chi connectivity index (χ4v) is 6.46. The first-order valence-electron chi connectivity index (χ1n) is 12.6. The molecule has 11 heteroatoms. The molecule has 1 amide bonds. The number of rotatable bonds is 8. The third-order valence-electron chi connectivity index (χ3n) is 6.72. The van der Waals surface area contributed by atoms with Gasteiger partial charge in [0.05, 0.1) is 23.1 Å². The average molecular weight is 554 g/mol. The van der Waals surface area contributed by atoms with Crippen molar-refractivity contribution in [1.29, 1.82) is 0 Å². The first-order valence-corrected chi connectivity index (χ1v) is 14.4. The fourth-order valence-electron chi connectivity index (χ4n) is 4.63. The smallest absolute Gasteiger partial charge is 0.409 e. The van der Waals surface area contributed by atoms with E-state index in [0.717, 1.165) is 55.9 Å². The van der Waals surface area contributed by atoms with E-state index < -0.39 is 15.8 Å². The molecule has 202 valence electrons. The molecule has 2 aliphatic heterocycles. The summed E-state index contributed by atoms with van der Waals surface area (Å²) in [5.74, 6) is 0.143. The largest absolute Gasteiger partial charge is 0.493 e. The van der Waals surface area contributed by atoms with Crippen LogP contribution in [0.5, 0.6) is 5.75 Å². The predicted molar refractivity (Wildman–Crippen MR) is 139 cm³/mol. The average Bonchev–Trinajstić information content (AvgIpc) is 2.90. The van der Waals surface area contributed by atoms with Crippen LogP contribution in [0.3, 0.4) is 0 Å². The number of ether oxygens (including phenoxy) is 2. The van der Waals surface area contributed by atoms with Crippen molar-refractivity contribution in [2.45, 2.75) is 31.2 Å². The Bertz CT molecular complexity index is 1170. The van der Waals surface area contributed by atoms with Crippen LogP contribution in [0, 0.1) is 11.7 Å². The molecule has 2 aromatic carbocycles. The van der Waals surface area contributed by atoms with E-state index in [2.05, 4.69) is 4.90 Å². The van der Waals surface area contributed by atoms with Crippen molar-refractivity contribution in [3.05, 3.63) is 58.9 Å². The zero-order valence-electron chi connectivity index (χ0n) is 20.9. The zero-order valence-corrected chi connectivity index (χ0v) is 22.5. The number of hydrogen-bond acceptors (Lipinski definition) is 6. The molecule has 0 spiro atoms. The van der Waals surface area contributed by atoms with Crippen LogP contribution < -0.4 is 4.74 Å². The lowest BCUT2D eigenvalue weighted by Crippen LogP contribution is -2.48. The van der Waals surface area contributed by atoms with E-state index in [1.165, 1.54) is 10.4 Å². The lowest BCUT2D eigenvalue weighted by Gasteiger charge is -2.34. The highest BCUT2D eigenvalue weighted by Crippen LogP contribution is 2.27. The number of sulfonamides is 1. The molecule has 0 aromatic heterocycles. The minimum absolute atomic E-state index is 0.00152. The number of benzene rings is 2. The van der Waals surface area contributed by atoms with Gasteiger partial charge < -0.3 is 14.4 Å². The van der Waals surface area contributed by atoms with E-state index in [4.69, 9.17) is 21.1 Å². The van der Waals surface area contributed by atoms with Crippen molar-refractivity contribution in [2.24, 2.45) is 5.92 Å². The highest BCUT2D eigenvalue weighted by molar-refractivity contribution is 7.89. The van der Waals surface area contributed by atoms with E-state index in [-0.39, 0.29) is 21.9 Å². The van der Waals surface area contributed by atoms with Crippen LogP contribution >= 0.6 is 11.6 Å². The van der Waals surface area contributed by atoms with Crippen molar-refractivity contribution in [3.63, 3.8) is 0 Å². The molecule has 2 fully saturated rings. The number of halogens is 2. The van der Waals surface area contributed by atoms with Crippen molar-refractivity contribution >= 4 is 27.7 Å². The maximum atomic E-state index is 13.5. The van der Waals surface area contributed by atoms with Gasteiger partial charge in [0.15, 0.2) is 0 Å². The van der Waals surface area contributed by atoms with Crippen LogP contribution in [0.25, 0.3) is 0 Å². The number of carbonyl (C=O) groups is 1. The lowest BCUT2D eigenvalue weighted by molar-refractivity contribution is 0.0778. The Morgan fingerprint density at radius 2 is 1.81 bits per heavy atom. The fraction of sp³-hybridized carbons (Fsp3) is 0.500. The Morgan fingerprint density at radius 1 is 1.08 bits per heavy atom. The standard InChI is InChI=1S/C26H33ClFN3O5S/c1-2-35-26(32)30-14-12-29(13-15-30)17-20-5-7-22(8-6-20)36-19-21-4-3-11-31(18-21)37(33,34)23-9-10-25(28)24(27)16-23/h5-10,16,21H,2-4,11-15,17-19H2,1H3. The van der Waals surface area contributed by atoms with E-state index >= 15 is 0 Å². The molecule has 2 heterocycles. The summed E-state index contributed by atoms with van der Waals surface area (Å²) in [6, 6.07) is 11.4. The maximum absolute atomic E-state index is 13.5. The number of nitrogens with zero attached hydrogens (tertiary/aromatic N) is 3. The maximum Gasteiger partial charge on any atom is 0.409 e. The molecule has 0 bridgehead atoms. The van der Waals surface area contributed by atoms with Gasteiger partial charge in [-0.15, -0.1) is 0 Å². The Kier molecular flexibility index (Phi) is 9.28. The summed E-state index contributed by atoms with van der Waals surface area (Å²) in [7, 11) is -3.75. The Labute approximate surface area is 222 Å². The zero-order chi connectivity index (χ0) is 26.4. The number of hydrogen-bond donors (Lipinski definition) is 0. The molecule has 4 rings (SSSR count). The van der Waals surface area contributed by atoms with E-state index in [0.29, 0.717) is 39.4 Å². The molecule has 37 heavy (non-hydrogen) atoms. The molecule has 1 unspecified atom stereocenters. The van der Waals surface area contributed by atoms with Gasteiger partial charge in [0, 0.05) is 51.7 Å². The minimum atomic E-state index is -3.75. The van der Waals surface area contributed by atoms with Gasteiger partial charge in [0.2, 0.25) is 10.0 Å². The second-order valence-corrected chi connectivity index (χ2v) is 11.7. The van der Waals surface area contributed by atoms with Crippen LogP contribution in [-0.4, -0.2) is 81.1 Å². The van der Waals surface area contributed by atoms with Gasteiger partial charge in [-0.05, 0) is 55.7 Å². The second kappa shape index (κ2) is 12.4. The molecule has 2 saturated heterocycles. The summed E-state index contributed by atoms with van der Waals surface area (Å²) in [6.07, 6.45) is 1.35. The number of amides is 1. The highest BCUT2D eigenvalue weighted by Gasteiger charge is 2.31. The normalized spacial score (nSPS) is 19.5. The molecule has 0 saturated carbocycles. The third kappa shape index (κ3) is 7.13. The van der Waals surface area contributed by atoms with Crippen LogP contribution in [0.1, 0.15) is 25.3 Å². The summed E-state index contributed by atoms with van der Waals surface area (Å²) in [4.78, 5) is 15.9. The van der Waals surface area contributed by atoms with Gasteiger partial charge in [0.1, 0.15) is 11.6 Å². The summed E-state index contributed by atoms with van der Waals surface area (Å²) in [5.41, 5.74) is 1.16. The SMILES string of the molecule is CCOC(=O)N1CCN(Cc2ccc(OCC3CCCN(S(=O)(=O)c4ccc(F)c(Cl)c4)C3)cc2)CC1. The van der Waals surface area contributed by atoms with E-state index in [9.17, 15) is 17.6 Å². The third-order valence-corrected chi connectivity index (χ3v) is 8.87. The molecule has 8 nitrogen and oxygen atoms in total. The van der Waals surface area contributed by atoms with Gasteiger partial charge in [-0.3, -0.25) is 4.90 Å². The molecule has 0 N–H and O–H groups in total.